The van der Waals surface area contributed by atoms with Crippen LogP contribution >= 0.6 is 0 Å². The Labute approximate surface area is 127 Å². The predicted molar refractivity (Wildman–Crippen MR) is 81.8 cm³/mol. The Morgan fingerprint density at radius 2 is 2.00 bits per heavy atom. The first-order chi connectivity index (χ1) is 10.5. The highest BCUT2D eigenvalue weighted by atomic mass is 16.2. The van der Waals surface area contributed by atoms with E-state index in [2.05, 4.69) is 34.7 Å². The van der Waals surface area contributed by atoms with Crippen LogP contribution in [0.3, 0.4) is 0 Å². The van der Waals surface area contributed by atoms with Crippen molar-refractivity contribution < 1.29 is 9.59 Å². The van der Waals surface area contributed by atoms with Crippen molar-refractivity contribution in [1.29, 1.82) is 0 Å². The van der Waals surface area contributed by atoms with E-state index in [9.17, 15) is 9.59 Å². The van der Waals surface area contributed by atoms with Crippen LogP contribution in [-0.4, -0.2) is 22.0 Å². The Morgan fingerprint density at radius 1 is 1.18 bits per heavy atom. The molecule has 0 radical (unpaired) electrons. The molecule has 1 spiro atoms. The maximum atomic E-state index is 12.8. The number of fused-ring (bicyclic) bond motifs is 4. The molecule has 1 aromatic heterocycles. The molecule has 0 saturated carbocycles. The van der Waals surface area contributed by atoms with Gasteiger partial charge in [0.15, 0.2) is 0 Å². The Kier molecular flexibility index (Phi) is 2.49. The van der Waals surface area contributed by atoms with Gasteiger partial charge < -0.3 is 10.6 Å². The van der Waals surface area contributed by atoms with Gasteiger partial charge in [-0.3, -0.25) is 14.7 Å². The summed E-state index contributed by atoms with van der Waals surface area (Å²) in [6.07, 6.45) is 1.73. The molecule has 2 amide bonds. The second-order valence-electron chi connectivity index (χ2n) is 6.20. The van der Waals surface area contributed by atoms with Crippen molar-refractivity contribution in [1.82, 2.24) is 10.2 Å². The largest absolute Gasteiger partial charge is 0.325 e. The fraction of sp³-hybridized carbons (Fsp3) is 0.312. The van der Waals surface area contributed by atoms with Crippen LogP contribution in [0.5, 0.6) is 0 Å². The maximum absolute atomic E-state index is 12.8. The molecule has 4 rings (SSSR count). The Morgan fingerprint density at radius 3 is 2.77 bits per heavy atom. The molecule has 1 aromatic carbocycles. The van der Waals surface area contributed by atoms with Gasteiger partial charge in [-0.05, 0) is 23.1 Å². The zero-order valence-electron chi connectivity index (χ0n) is 12.4. The molecule has 3 N–H and O–H groups in total. The van der Waals surface area contributed by atoms with Crippen molar-refractivity contribution in [3.63, 3.8) is 0 Å². The number of nitrogens with one attached hydrogen (secondary N) is 3. The zero-order chi connectivity index (χ0) is 15.5. The van der Waals surface area contributed by atoms with Gasteiger partial charge >= 0.3 is 0 Å². The molecular formula is C16H16N4O2. The van der Waals surface area contributed by atoms with E-state index >= 15 is 0 Å². The van der Waals surface area contributed by atoms with Gasteiger partial charge in [0, 0.05) is 17.7 Å². The minimum Gasteiger partial charge on any atom is -0.325 e. The number of nitrogens with zero attached hydrogens (tertiary/aromatic N) is 1. The zero-order valence-corrected chi connectivity index (χ0v) is 12.4. The lowest BCUT2D eigenvalue weighted by molar-refractivity contribution is -0.125. The van der Waals surface area contributed by atoms with Crippen LogP contribution in [0.2, 0.25) is 0 Å². The van der Waals surface area contributed by atoms with Gasteiger partial charge in [-0.15, -0.1) is 0 Å². The highest BCUT2D eigenvalue weighted by molar-refractivity contribution is 6.14. The van der Waals surface area contributed by atoms with Gasteiger partial charge in [-0.25, -0.2) is 0 Å². The number of benzene rings is 1. The van der Waals surface area contributed by atoms with Gasteiger partial charge in [0.05, 0.1) is 6.20 Å². The number of aromatic nitrogens is 2. The average molecular weight is 296 g/mol. The number of carbonyl (C=O) groups is 2. The summed E-state index contributed by atoms with van der Waals surface area (Å²) in [6.45, 7) is 4.21. The highest BCUT2D eigenvalue weighted by Crippen LogP contribution is 2.49. The summed E-state index contributed by atoms with van der Waals surface area (Å²) < 4.78 is 0. The monoisotopic (exact) mass is 296 g/mol. The molecule has 22 heavy (non-hydrogen) atoms. The standard InChI is InChI=1S/C16H16N4O2/c1-8(2)9-3-4-12-10(5-9)16(15(22)18-12)6-13(21)19-14-11(16)7-17-20-14/h3-5,7-8H,6H2,1-2H3,(H,18,22)(H2,17,19,20,21). The molecule has 6 heteroatoms. The molecule has 0 bridgehead atoms. The molecule has 1 atom stereocenters. The summed E-state index contributed by atoms with van der Waals surface area (Å²) in [6, 6.07) is 5.97. The van der Waals surface area contributed by atoms with Crippen molar-refractivity contribution in [3.8, 4) is 0 Å². The first kappa shape index (κ1) is 13.1. The first-order valence-corrected chi connectivity index (χ1v) is 7.32. The molecule has 3 heterocycles. The molecule has 0 fully saturated rings. The SMILES string of the molecule is CC(C)c1ccc2c(c1)C1(CC(=O)Nc3[nH]ncc31)C(=O)N2. The third-order valence-corrected chi connectivity index (χ3v) is 4.60. The number of aromatic amines is 1. The Balaban J connectivity index is 2.00. The van der Waals surface area contributed by atoms with Crippen LogP contribution in [0.4, 0.5) is 11.5 Å². The molecule has 1 unspecified atom stereocenters. The fourth-order valence-corrected chi connectivity index (χ4v) is 3.40. The molecule has 2 aromatic rings. The lowest BCUT2D eigenvalue weighted by Crippen LogP contribution is -2.43. The third kappa shape index (κ3) is 1.52. The molecule has 0 aliphatic carbocycles. The van der Waals surface area contributed by atoms with Crippen molar-refractivity contribution >= 4 is 23.3 Å². The lowest BCUT2D eigenvalue weighted by Gasteiger charge is -2.31. The minimum absolute atomic E-state index is 0.0971. The van der Waals surface area contributed by atoms with Crippen LogP contribution in [0.1, 0.15) is 42.9 Å². The molecule has 2 aliphatic rings. The number of amides is 2. The van der Waals surface area contributed by atoms with E-state index in [0.29, 0.717) is 11.7 Å². The molecule has 6 nitrogen and oxygen atoms in total. The van der Waals surface area contributed by atoms with Gasteiger partial charge in [-0.2, -0.15) is 5.10 Å². The third-order valence-electron chi connectivity index (χ3n) is 4.60. The summed E-state index contributed by atoms with van der Waals surface area (Å²) in [5, 5.41) is 12.4. The minimum atomic E-state index is -0.981. The number of hydrogen-bond acceptors (Lipinski definition) is 3. The van der Waals surface area contributed by atoms with E-state index < -0.39 is 5.41 Å². The van der Waals surface area contributed by atoms with Crippen molar-refractivity contribution in [2.24, 2.45) is 0 Å². The van der Waals surface area contributed by atoms with Crippen molar-refractivity contribution in [3.05, 3.63) is 41.1 Å². The van der Waals surface area contributed by atoms with Crippen molar-refractivity contribution in [2.45, 2.75) is 31.6 Å². The molecule has 112 valence electrons. The Hall–Kier alpha value is -2.63. The summed E-state index contributed by atoms with van der Waals surface area (Å²) in [4.78, 5) is 24.9. The maximum Gasteiger partial charge on any atom is 0.240 e. The topological polar surface area (TPSA) is 86.9 Å². The Bertz CT molecular complexity index is 808. The lowest BCUT2D eigenvalue weighted by atomic mass is 9.71. The van der Waals surface area contributed by atoms with E-state index in [1.165, 1.54) is 0 Å². The number of anilines is 2. The average Bonchev–Trinajstić information content (AvgIpc) is 3.03. The molecular weight excluding hydrogens is 280 g/mol. The predicted octanol–water partition coefficient (Wildman–Crippen LogP) is 2.11. The van der Waals surface area contributed by atoms with E-state index in [0.717, 1.165) is 22.4 Å². The second kappa shape index (κ2) is 4.19. The number of hydrogen-bond donors (Lipinski definition) is 3. The van der Waals surface area contributed by atoms with Crippen LogP contribution in [0, 0.1) is 0 Å². The van der Waals surface area contributed by atoms with E-state index in [4.69, 9.17) is 0 Å². The van der Waals surface area contributed by atoms with Crippen LogP contribution in [-0.2, 0) is 15.0 Å². The second-order valence-corrected chi connectivity index (χ2v) is 6.20. The smallest absolute Gasteiger partial charge is 0.240 e. The van der Waals surface area contributed by atoms with E-state index in [-0.39, 0.29) is 18.2 Å². The van der Waals surface area contributed by atoms with Crippen molar-refractivity contribution in [2.75, 3.05) is 10.6 Å². The van der Waals surface area contributed by atoms with Gasteiger partial charge in [-0.1, -0.05) is 26.0 Å². The van der Waals surface area contributed by atoms with Crippen LogP contribution < -0.4 is 10.6 Å². The quantitative estimate of drug-likeness (QED) is 0.753. The van der Waals surface area contributed by atoms with Gasteiger partial charge in [0.2, 0.25) is 11.8 Å². The van der Waals surface area contributed by atoms with Gasteiger partial charge in [0.25, 0.3) is 0 Å². The highest BCUT2D eigenvalue weighted by Gasteiger charge is 2.53. The number of H-pyrrole nitrogens is 1. The summed E-state index contributed by atoms with van der Waals surface area (Å²) in [5.41, 5.74) is 2.53. The van der Waals surface area contributed by atoms with Crippen LogP contribution in [0.25, 0.3) is 0 Å². The van der Waals surface area contributed by atoms with E-state index in [1.54, 1.807) is 6.20 Å². The number of carbonyl (C=O) groups excluding carboxylic acids is 2. The fourth-order valence-electron chi connectivity index (χ4n) is 3.40. The molecule has 2 aliphatic heterocycles. The van der Waals surface area contributed by atoms with Gasteiger partial charge in [0.1, 0.15) is 11.2 Å². The number of rotatable bonds is 1. The van der Waals surface area contributed by atoms with E-state index in [1.807, 2.05) is 18.2 Å². The summed E-state index contributed by atoms with van der Waals surface area (Å²) in [5.74, 6) is 0.504. The summed E-state index contributed by atoms with van der Waals surface area (Å²) in [7, 11) is 0. The summed E-state index contributed by atoms with van der Waals surface area (Å²) >= 11 is 0. The first-order valence-electron chi connectivity index (χ1n) is 7.32. The molecule has 0 saturated heterocycles. The van der Waals surface area contributed by atoms with Crippen LogP contribution in [0.15, 0.2) is 24.4 Å². The normalized spacial score (nSPS) is 22.5.